The first-order chi connectivity index (χ1) is 14.9. The van der Waals surface area contributed by atoms with Crippen molar-refractivity contribution >= 4 is 23.5 Å². The smallest absolute Gasteiger partial charge is 0.325 e. The van der Waals surface area contributed by atoms with E-state index in [4.69, 9.17) is 14.2 Å². The average molecular weight is 425 g/mol. The number of carbonyl (C=O) groups excluding carboxylic acids is 3. The Kier molecular flexibility index (Phi) is 5.41. The van der Waals surface area contributed by atoms with Gasteiger partial charge in [0.05, 0.1) is 12.3 Å². The van der Waals surface area contributed by atoms with Crippen LogP contribution in [-0.2, 0) is 15.1 Å². The predicted octanol–water partition coefficient (Wildman–Crippen LogP) is 2.26. The Hall–Kier alpha value is -3.75. The number of hydrogen-bond acceptors (Lipinski definition) is 6. The van der Waals surface area contributed by atoms with E-state index in [1.807, 2.05) is 6.92 Å². The van der Waals surface area contributed by atoms with Gasteiger partial charge in [-0.1, -0.05) is 18.2 Å². The van der Waals surface area contributed by atoms with Gasteiger partial charge in [0.15, 0.2) is 11.5 Å². The van der Waals surface area contributed by atoms with Gasteiger partial charge in [0, 0.05) is 0 Å². The SMILES string of the molecule is CCOc1ccccc1NC(=O)CN1C(=O)NC(C)(c2ccc3c(c2)OCCO3)C1=O. The van der Waals surface area contributed by atoms with Crippen molar-refractivity contribution < 1.29 is 28.6 Å². The Bertz CT molecular complexity index is 1040. The molecule has 0 spiro atoms. The third kappa shape index (κ3) is 3.86. The molecule has 1 atom stereocenters. The van der Waals surface area contributed by atoms with E-state index >= 15 is 0 Å². The molecule has 9 nitrogen and oxygen atoms in total. The number of rotatable bonds is 6. The third-order valence-electron chi connectivity index (χ3n) is 5.16. The summed E-state index contributed by atoms with van der Waals surface area (Å²) in [7, 11) is 0. The molecule has 4 rings (SSSR count). The number of para-hydroxylation sites is 2. The molecule has 2 N–H and O–H groups in total. The highest BCUT2D eigenvalue weighted by Gasteiger charge is 2.49. The van der Waals surface area contributed by atoms with Crippen molar-refractivity contribution in [2.45, 2.75) is 19.4 Å². The number of imide groups is 1. The van der Waals surface area contributed by atoms with Crippen LogP contribution in [-0.4, -0.2) is 49.1 Å². The van der Waals surface area contributed by atoms with Gasteiger partial charge in [-0.3, -0.25) is 14.5 Å². The molecule has 2 heterocycles. The van der Waals surface area contributed by atoms with Crippen molar-refractivity contribution in [2.75, 3.05) is 31.7 Å². The zero-order valence-electron chi connectivity index (χ0n) is 17.3. The molecule has 0 saturated carbocycles. The third-order valence-corrected chi connectivity index (χ3v) is 5.16. The fraction of sp³-hybridized carbons (Fsp3) is 0.318. The first-order valence-corrected chi connectivity index (χ1v) is 9.98. The van der Waals surface area contributed by atoms with Crippen LogP contribution < -0.4 is 24.8 Å². The normalized spacial score (nSPS) is 19.7. The van der Waals surface area contributed by atoms with Crippen LogP contribution in [0.2, 0.25) is 0 Å². The number of carbonyl (C=O) groups is 3. The fourth-order valence-corrected chi connectivity index (χ4v) is 3.58. The van der Waals surface area contributed by atoms with Crippen LogP contribution in [0, 0.1) is 0 Å². The Morgan fingerprint density at radius 3 is 2.68 bits per heavy atom. The van der Waals surface area contributed by atoms with Gasteiger partial charge in [0.2, 0.25) is 5.91 Å². The van der Waals surface area contributed by atoms with Crippen LogP contribution in [0.1, 0.15) is 19.4 Å². The average Bonchev–Trinajstić information content (AvgIpc) is 2.99. The zero-order valence-corrected chi connectivity index (χ0v) is 17.3. The van der Waals surface area contributed by atoms with Crippen molar-refractivity contribution in [1.82, 2.24) is 10.2 Å². The fourth-order valence-electron chi connectivity index (χ4n) is 3.58. The molecule has 0 radical (unpaired) electrons. The highest BCUT2D eigenvalue weighted by molar-refractivity contribution is 6.10. The molecule has 0 aromatic heterocycles. The second kappa shape index (κ2) is 8.17. The van der Waals surface area contributed by atoms with Crippen LogP contribution >= 0.6 is 0 Å². The van der Waals surface area contributed by atoms with Gasteiger partial charge in [0.1, 0.15) is 31.0 Å². The number of nitrogens with zero attached hydrogens (tertiary/aromatic N) is 1. The molecule has 4 amide bonds. The van der Waals surface area contributed by atoms with Gasteiger partial charge in [-0.2, -0.15) is 0 Å². The number of benzene rings is 2. The van der Waals surface area contributed by atoms with Gasteiger partial charge in [-0.15, -0.1) is 0 Å². The van der Waals surface area contributed by atoms with Crippen molar-refractivity contribution in [1.29, 1.82) is 0 Å². The summed E-state index contributed by atoms with van der Waals surface area (Å²) >= 11 is 0. The van der Waals surface area contributed by atoms with Gasteiger partial charge in [0.25, 0.3) is 5.91 Å². The molecular weight excluding hydrogens is 402 g/mol. The first-order valence-electron chi connectivity index (χ1n) is 9.98. The minimum absolute atomic E-state index is 0.406. The molecule has 1 unspecified atom stereocenters. The Morgan fingerprint density at radius 2 is 1.90 bits per heavy atom. The van der Waals surface area contributed by atoms with E-state index in [1.165, 1.54) is 0 Å². The largest absolute Gasteiger partial charge is 0.492 e. The maximum Gasteiger partial charge on any atom is 0.325 e. The molecule has 9 heteroatoms. The summed E-state index contributed by atoms with van der Waals surface area (Å²) in [6, 6.07) is 11.4. The summed E-state index contributed by atoms with van der Waals surface area (Å²) < 4.78 is 16.6. The highest BCUT2D eigenvalue weighted by atomic mass is 16.6. The van der Waals surface area contributed by atoms with E-state index in [0.717, 1.165) is 4.90 Å². The number of nitrogens with one attached hydrogen (secondary N) is 2. The molecule has 31 heavy (non-hydrogen) atoms. The van der Waals surface area contributed by atoms with Gasteiger partial charge >= 0.3 is 6.03 Å². The molecular formula is C22H23N3O6. The second-order valence-electron chi connectivity index (χ2n) is 7.28. The molecule has 2 aliphatic rings. The molecule has 2 aliphatic heterocycles. The number of anilines is 1. The lowest BCUT2D eigenvalue weighted by molar-refractivity contribution is -0.133. The Morgan fingerprint density at radius 1 is 1.16 bits per heavy atom. The molecule has 1 fully saturated rings. The molecule has 2 aromatic rings. The summed E-state index contributed by atoms with van der Waals surface area (Å²) in [5.74, 6) is 0.566. The van der Waals surface area contributed by atoms with E-state index in [0.29, 0.717) is 48.3 Å². The Labute approximate surface area is 179 Å². The van der Waals surface area contributed by atoms with Crippen LogP contribution in [0.15, 0.2) is 42.5 Å². The van der Waals surface area contributed by atoms with Crippen LogP contribution in [0.3, 0.4) is 0 Å². The Balaban J connectivity index is 1.50. The van der Waals surface area contributed by atoms with Crippen molar-refractivity contribution in [2.24, 2.45) is 0 Å². The lowest BCUT2D eigenvalue weighted by Gasteiger charge is -2.25. The number of amides is 4. The molecule has 2 aromatic carbocycles. The number of ether oxygens (including phenoxy) is 3. The standard InChI is InChI=1S/C22H23N3O6/c1-3-29-16-7-5-4-6-15(16)23-19(26)13-25-20(27)22(2,24-21(25)28)14-8-9-17-18(12-14)31-11-10-30-17/h4-9,12H,3,10-11,13H2,1-2H3,(H,23,26)(H,24,28). The topological polar surface area (TPSA) is 106 Å². The van der Waals surface area contributed by atoms with E-state index in [-0.39, 0.29) is 0 Å². The van der Waals surface area contributed by atoms with Gasteiger partial charge < -0.3 is 24.8 Å². The molecule has 0 aliphatic carbocycles. The van der Waals surface area contributed by atoms with Gasteiger partial charge in [-0.25, -0.2) is 4.79 Å². The van der Waals surface area contributed by atoms with Gasteiger partial charge in [-0.05, 0) is 43.7 Å². The summed E-state index contributed by atoms with van der Waals surface area (Å²) in [6.45, 7) is 4.31. The minimum Gasteiger partial charge on any atom is -0.492 e. The number of fused-ring (bicyclic) bond motifs is 1. The summed E-state index contributed by atoms with van der Waals surface area (Å²) in [5, 5.41) is 5.39. The molecule has 0 bridgehead atoms. The highest BCUT2D eigenvalue weighted by Crippen LogP contribution is 2.36. The van der Waals surface area contributed by atoms with E-state index in [9.17, 15) is 14.4 Å². The summed E-state index contributed by atoms with van der Waals surface area (Å²) in [4.78, 5) is 39.2. The molecule has 1 saturated heterocycles. The monoisotopic (exact) mass is 425 g/mol. The molecule has 162 valence electrons. The minimum atomic E-state index is -1.32. The quantitative estimate of drug-likeness (QED) is 0.688. The van der Waals surface area contributed by atoms with Crippen molar-refractivity contribution in [3.05, 3.63) is 48.0 Å². The maximum absolute atomic E-state index is 13.1. The first kappa shape index (κ1) is 20.5. The van der Waals surface area contributed by atoms with Crippen molar-refractivity contribution in [3.63, 3.8) is 0 Å². The van der Waals surface area contributed by atoms with Crippen LogP contribution in [0.5, 0.6) is 17.2 Å². The van der Waals surface area contributed by atoms with Crippen LogP contribution in [0.4, 0.5) is 10.5 Å². The summed E-state index contributed by atoms with van der Waals surface area (Å²) in [5.41, 5.74) is -0.313. The van der Waals surface area contributed by atoms with E-state index in [2.05, 4.69) is 10.6 Å². The maximum atomic E-state index is 13.1. The van der Waals surface area contributed by atoms with Crippen LogP contribution in [0.25, 0.3) is 0 Å². The van der Waals surface area contributed by atoms with Crippen molar-refractivity contribution in [3.8, 4) is 17.2 Å². The lowest BCUT2D eigenvalue weighted by atomic mass is 9.91. The summed E-state index contributed by atoms with van der Waals surface area (Å²) in [6.07, 6.45) is 0. The number of urea groups is 1. The number of hydrogen-bond donors (Lipinski definition) is 2. The predicted molar refractivity (Wildman–Crippen MR) is 111 cm³/mol. The van der Waals surface area contributed by atoms with E-state index in [1.54, 1.807) is 49.4 Å². The second-order valence-corrected chi connectivity index (χ2v) is 7.28. The van der Waals surface area contributed by atoms with E-state index < -0.39 is 29.9 Å². The lowest BCUT2D eigenvalue weighted by Crippen LogP contribution is -2.42. The zero-order chi connectivity index (χ0) is 22.0.